The van der Waals surface area contributed by atoms with Crippen molar-refractivity contribution >= 4 is 29.4 Å². The maximum atomic E-state index is 13.1. The predicted molar refractivity (Wildman–Crippen MR) is 121 cm³/mol. The fourth-order valence-electron chi connectivity index (χ4n) is 4.18. The van der Waals surface area contributed by atoms with Crippen molar-refractivity contribution in [2.24, 2.45) is 0 Å². The summed E-state index contributed by atoms with van der Waals surface area (Å²) in [5, 5.41) is 16.2. The van der Waals surface area contributed by atoms with E-state index in [0.717, 1.165) is 30.6 Å². The molecule has 2 atom stereocenters. The van der Waals surface area contributed by atoms with Crippen LogP contribution in [0.2, 0.25) is 0 Å². The Kier molecular flexibility index (Phi) is 7.73. The Morgan fingerprint density at radius 3 is 2.61 bits per heavy atom. The van der Waals surface area contributed by atoms with Gasteiger partial charge in [0.1, 0.15) is 11.6 Å². The monoisotopic (exact) mass is 459 g/mol. The van der Waals surface area contributed by atoms with Gasteiger partial charge in [-0.2, -0.15) is 0 Å². The summed E-state index contributed by atoms with van der Waals surface area (Å²) < 4.78 is 5.30. The third-order valence-electron chi connectivity index (χ3n) is 5.68. The molecule has 2 unspecified atom stereocenters. The number of aliphatic hydroxyl groups is 1. The highest BCUT2D eigenvalue weighted by molar-refractivity contribution is 6.08. The number of unbranched alkanes of at least 4 members (excludes halogenated alkanes) is 3. The lowest BCUT2D eigenvalue weighted by atomic mass is 10.0. The van der Waals surface area contributed by atoms with E-state index in [4.69, 9.17) is 4.74 Å². The fraction of sp³-hybridized carbons (Fsp3) is 0.583. The number of fused-ring (bicyclic) bond motifs is 1. The van der Waals surface area contributed by atoms with Gasteiger partial charge < -0.3 is 15.2 Å². The maximum Gasteiger partial charge on any atom is 0.306 e. The van der Waals surface area contributed by atoms with Crippen molar-refractivity contribution in [2.75, 3.05) is 11.9 Å². The van der Waals surface area contributed by atoms with Gasteiger partial charge in [-0.1, -0.05) is 25.0 Å². The summed E-state index contributed by atoms with van der Waals surface area (Å²) in [6, 6.07) is 4.33. The number of ether oxygens (including phenoxy) is 1. The minimum Gasteiger partial charge on any atom is -0.460 e. The molecule has 1 aromatic carbocycles. The minimum atomic E-state index is -1.23. The average molecular weight is 460 g/mol. The largest absolute Gasteiger partial charge is 0.460 e. The number of nitrogens with zero attached hydrogens (tertiary/aromatic N) is 1. The molecular formula is C24H33N3O6. The lowest BCUT2D eigenvalue weighted by molar-refractivity contribution is -0.155. The summed E-state index contributed by atoms with van der Waals surface area (Å²) in [4.78, 5) is 49.7. The second-order valence-electron chi connectivity index (χ2n) is 9.50. The molecule has 3 rings (SSSR count). The van der Waals surface area contributed by atoms with E-state index < -0.39 is 29.7 Å². The molecule has 1 saturated heterocycles. The molecule has 33 heavy (non-hydrogen) atoms. The van der Waals surface area contributed by atoms with Gasteiger partial charge in [0.05, 0.1) is 5.56 Å². The number of anilines is 1. The van der Waals surface area contributed by atoms with Gasteiger partial charge in [0.2, 0.25) is 11.8 Å². The fourth-order valence-corrected chi connectivity index (χ4v) is 4.18. The van der Waals surface area contributed by atoms with Crippen molar-refractivity contribution in [1.82, 2.24) is 10.2 Å². The van der Waals surface area contributed by atoms with E-state index in [1.165, 1.54) is 0 Å². The highest BCUT2D eigenvalue weighted by Crippen LogP contribution is 2.38. The van der Waals surface area contributed by atoms with Crippen molar-refractivity contribution in [3.63, 3.8) is 0 Å². The molecule has 2 heterocycles. The normalized spacial score (nSPS) is 20.5. The molecule has 2 aliphatic rings. The van der Waals surface area contributed by atoms with Gasteiger partial charge in [-0.15, -0.1) is 0 Å². The summed E-state index contributed by atoms with van der Waals surface area (Å²) in [6.45, 7) is 6.19. The van der Waals surface area contributed by atoms with Gasteiger partial charge in [-0.25, -0.2) is 0 Å². The predicted octanol–water partition coefficient (Wildman–Crippen LogP) is 2.64. The molecule has 0 saturated carbocycles. The molecule has 1 aromatic rings. The minimum absolute atomic E-state index is 0.127. The van der Waals surface area contributed by atoms with Crippen molar-refractivity contribution in [1.29, 1.82) is 0 Å². The average Bonchev–Trinajstić information content (AvgIpc) is 2.97. The molecule has 9 nitrogen and oxygen atoms in total. The van der Waals surface area contributed by atoms with E-state index >= 15 is 0 Å². The third-order valence-corrected chi connectivity index (χ3v) is 5.68. The number of rotatable bonds is 9. The third kappa shape index (κ3) is 6.10. The van der Waals surface area contributed by atoms with Crippen molar-refractivity contribution in [3.05, 3.63) is 29.3 Å². The van der Waals surface area contributed by atoms with Gasteiger partial charge in [0.25, 0.3) is 5.91 Å². The topological polar surface area (TPSA) is 125 Å². The van der Waals surface area contributed by atoms with Gasteiger partial charge in [0, 0.05) is 30.6 Å². The first-order valence-electron chi connectivity index (χ1n) is 11.5. The number of carbonyl (C=O) groups excluding carboxylic acids is 4. The number of imide groups is 1. The Bertz CT molecular complexity index is 923. The van der Waals surface area contributed by atoms with Crippen LogP contribution in [0.5, 0.6) is 0 Å². The quantitative estimate of drug-likeness (QED) is 0.294. The second-order valence-corrected chi connectivity index (χ2v) is 9.50. The molecule has 3 amide bonds. The van der Waals surface area contributed by atoms with Crippen molar-refractivity contribution in [3.8, 4) is 0 Å². The zero-order valence-corrected chi connectivity index (χ0v) is 19.5. The Morgan fingerprint density at radius 1 is 1.18 bits per heavy atom. The Labute approximate surface area is 193 Å². The van der Waals surface area contributed by atoms with E-state index in [-0.39, 0.29) is 24.7 Å². The van der Waals surface area contributed by atoms with E-state index in [9.17, 15) is 24.3 Å². The summed E-state index contributed by atoms with van der Waals surface area (Å²) in [7, 11) is 0. The number of hydrogen-bond acceptors (Lipinski definition) is 7. The Hall–Kier alpha value is -2.94. The van der Waals surface area contributed by atoms with E-state index in [2.05, 4.69) is 10.6 Å². The number of carbonyl (C=O) groups is 4. The number of amides is 3. The molecule has 0 aromatic heterocycles. The molecule has 0 bridgehead atoms. The summed E-state index contributed by atoms with van der Waals surface area (Å²) in [5.41, 5.74) is 0.960. The maximum absolute atomic E-state index is 13.1. The first kappa shape index (κ1) is 24.7. The van der Waals surface area contributed by atoms with Crippen LogP contribution in [0.1, 0.15) is 87.9 Å². The number of hydrogen-bond donors (Lipinski definition) is 3. The van der Waals surface area contributed by atoms with Gasteiger partial charge >= 0.3 is 5.97 Å². The summed E-state index contributed by atoms with van der Waals surface area (Å²) in [6.07, 6.45) is 2.92. The van der Waals surface area contributed by atoms with Crippen LogP contribution in [0, 0.1) is 0 Å². The molecule has 0 spiro atoms. The number of esters is 1. The van der Waals surface area contributed by atoms with E-state index in [1.807, 2.05) is 20.8 Å². The summed E-state index contributed by atoms with van der Waals surface area (Å²) >= 11 is 0. The van der Waals surface area contributed by atoms with Crippen molar-refractivity contribution < 1.29 is 29.0 Å². The van der Waals surface area contributed by atoms with Crippen LogP contribution in [0.3, 0.4) is 0 Å². The SMILES string of the molecule is CC(C)(C)OC(=O)CCCCCCNc1cccc2c1C(=O)N(C1CCC(=O)NC1=O)C2O. The smallest absolute Gasteiger partial charge is 0.306 e. The number of benzene rings is 1. The van der Waals surface area contributed by atoms with E-state index in [0.29, 0.717) is 29.8 Å². The molecule has 0 radical (unpaired) electrons. The first-order valence-corrected chi connectivity index (χ1v) is 11.5. The second kappa shape index (κ2) is 10.3. The molecule has 3 N–H and O–H groups in total. The summed E-state index contributed by atoms with van der Waals surface area (Å²) in [5.74, 6) is -1.54. The Balaban J connectivity index is 1.50. The lowest BCUT2D eigenvalue weighted by Gasteiger charge is -2.31. The van der Waals surface area contributed by atoms with Gasteiger partial charge in [-0.05, 0) is 46.1 Å². The van der Waals surface area contributed by atoms with Crippen LogP contribution in [-0.4, -0.2) is 51.9 Å². The van der Waals surface area contributed by atoms with Gasteiger partial charge in [-0.3, -0.25) is 29.4 Å². The molecule has 9 heteroatoms. The molecule has 180 valence electrons. The van der Waals surface area contributed by atoms with Crippen LogP contribution in [0.15, 0.2) is 18.2 Å². The Morgan fingerprint density at radius 2 is 1.91 bits per heavy atom. The molecule has 2 aliphatic heterocycles. The number of piperidine rings is 1. The van der Waals surface area contributed by atoms with Crippen LogP contribution >= 0.6 is 0 Å². The van der Waals surface area contributed by atoms with Crippen LogP contribution in [0.4, 0.5) is 5.69 Å². The van der Waals surface area contributed by atoms with Crippen LogP contribution < -0.4 is 10.6 Å². The van der Waals surface area contributed by atoms with Crippen molar-refractivity contribution in [2.45, 2.75) is 83.6 Å². The zero-order chi connectivity index (χ0) is 24.2. The highest BCUT2D eigenvalue weighted by Gasteiger charge is 2.45. The van der Waals surface area contributed by atoms with E-state index in [1.54, 1.807) is 18.2 Å². The zero-order valence-electron chi connectivity index (χ0n) is 19.5. The highest BCUT2D eigenvalue weighted by atomic mass is 16.6. The molecular weight excluding hydrogens is 426 g/mol. The molecule has 0 aliphatic carbocycles. The molecule has 1 fully saturated rings. The number of nitrogens with one attached hydrogen (secondary N) is 2. The van der Waals surface area contributed by atoms with Crippen LogP contribution in [0.25, 0.3) is 0 Å². The standard InChI is InChI=1S/C24H33N3O6/c1-24(2,3)33-19(29)11-6-4-5-7-14-25-16-10-8-9-15-20(16)23(32)27(22(15)31)17-12-13-18(28)26-21(17)30/h8-10,17,22,25,31H,4-7,11-14H2,1-3H3,(H,26,28,30). The first-order chi connectivity index (χ1) is 15.6. The number of aliphatic hydroxyl groups excluding tert-OH is 1. The lowest BCUT2D eigenvalue weighted by Crippen LogP contribution is -2.53. The van der Waals surface area contributed by atoms with Gasteiger partial charge in [0.15, 0.2) is 6.23 Å². The van der Waals surface area contributed by atoms with Crippen LogP contribution in [-0.2, 0) is 19.1 Å².